The van der Waals surface area contributed by atoms with Gasteiger partial charge in [-0.25, -0.2) is 0 Å². The van der Waals surface area contributed by atoms with E-state index in [0.29, 0.717) is 22.8 Å². The Morgan fingerprint density at radius 2 is 0.920 bits per heavy atom. The Balaban J connectivity index is 1.64. The molecule has 0 spiro atoms. The minimum Gasteiger partial charge on any atom is -0.497 e. The maximum absolute atomic E-state index is 11.3. The lowest BCUT2D eigenvalue weighted by Gasteiger charge is -2.09. The van der Waals surface area contributed by atoms with Crippen LogP contribution in [0.2, 0.25) is 0 Å². The predicted molar refractivity (Wildman–Crippen MR) is 96.0 cm³/mol. The number of carbonyl (C=O) groups excluding carboxylic acids is 1. The molecule has 0 aliphatic rings. The number of ether oxygens (including phenoxy) is 3. The summed E-state index contributed by atoms with van der Waals surface area (Å²) >= 11 is 0. The Morgan fingerprint density at radius 3 is 1.24 bits per heavy atom. The zero-order valence-corrected chi connectivity index (χ0v) is 14.1. The lowest BCUT2D eigenvalue weighted by Crippen LogP contribution is -1.91. The van der Waals surface area contributed by atoms with E-state index in [1.165, 1.54) is 6.92 Å². The van der Waals surface area contributed by atoms with Crippen molar-refractivity contribution in [2.45, 2.75) is 6.92 Å². The molecule has 25 heavy (non-hydrogen) atoms. The normalized spacial score (nSPS) is 10.2. The van der Waals surface area contributed by atoms with E-state index in [-0.39, 0.29) is 5.78 Å². The molecule has 0 radical (unpaired) electrons. The van der Waals surface area contributed by atoms with Crippen molar-refractivity contribution in [1.29, 1.82) is 0 Å². The summed E-state index contributed by atoms with van der Waals surface area (Å²) in [6, 6.07) is 21.8. The average molecular weight is 334 g/mol. The number of ketones is 1. The first kappa shape index (κ1) is 16.6. The van der Waals surface area contributed by atoms with Crippen LogP contribution in [0, 0.1) is 0 Å². The zero-order valence-electron chi connectivity index (χ0n) is 14.1. The maximum atomic E-state index is 11.3. The van der Waals surface area contributed by atoms with Crippen molar-refractivity contribution in [2.24, 2.45) is 0 Å². The first-order chi connectivity index (χ1) is 12.1. The van der Waals surface area contributed by atoms with Gasteiger partial charge >= 0.3 is 0 Å². The van der Waals surface area contributed by atoms with E-state index < -0.39 is 0 Å². The molecule has 3 aromatic rings. The maximum Gasteiger partial charge on any atom is 0.159 e. The van der Waals surface area contributed by atoms with Gasteiger partial charge in [-0.2, -0.15) is 0 Å². The van der Waals surface area contributed by atoms with Gasteiger partial charge in [0, 0.05) is 5.56 Å². The van der Waals surface area contributed by atoms with Gasteiger partial charge in [-0.1, -0.05) is 0 Å². The summed E-state index contributed by atoms with van der Waals surface area (Å²) in [6.07, 6.45) is 0. The van der Waals surface area contributed by atoms with Crippen molar-refractivity contribution in [3.05, 3.63) is 78.4 Å². The molecule has 0 aliphatic carbocycles. The number of Topliss-reactive ketones (excluding diaryl/α,β-unsaturated/α-hetero) is 1. The zero-order chi connectivity index (χ0) is 17.6. The molecule has 0 saturated heterocycles. The first-order valence-corrected chi connectivity index (χ1v) is 7.85. The van der Waals surface area contributed by atoms with Crippen molar-refractivity contribution < 1.29 is 19.0 Å². The van der Waals surface area contributed by atoms with Crippen LogP contribution in [0.4, 0.5) is 0 Å². The number of rotatable bonds is 6. The molecule has 4 heteroatoms. The largest absolute Gasteiger partial charge is 0.497 e. The lowest BCUT2D eigenvalue weighted by atomic mass is 10.1. The van der Waals surface area contributed by atoms with Crippen LogP contribution in [-0.2, 0) is 0 Å². The molecule has 0 atom stereocenters. The molecular formula is C21H18O4. The Bertz CT molecular complexity index is 835. The summed E-state index contributed by atoms with van der Waals surface area (Å²) in [6.45, 7) is 1.54. The second-order valence-corrected chi connectivity index (χ2v) is 5.43. The molecule has 0 bridgehead atoms. The van der Waals surface area contributed by atoms with Crippen molar-refractivity contribution >= 4 is 5.78 Å². The summed E-state index contributed by atoms with van der Waals surface area (Å²) in [5, 5.41) is 0. The molecule has 126 valence electrons. The number of benzene rings is 3. The summed E-state index contributed by atoms with van der Waals surface area (Å²) in [5.74, 6) is 3.63. The van der Waals surface area contributed by atoms with Gasteiger partial charge in [0.1, 0.15) is 28.7 Å². The van der Waals surface area contributed by atoms with Crippen molar-refractivity contribution in [2.75, 3.05) is 7.11 Å². The Labute approximate surface area is 146 Å². The van der Waals surface area contributed by atoms with Crippen LogP contribution in [0.25, 0.3) is 0 Å². The fourth-order valence-electron chi connectivity index (χ4n) is 2.25. The minimum absolute atomic E-state index is 0.0339. The van der Waals surface area contributed by atoms with E-state index in [2.05, 4.69) is 0 Å². The molecule has 0 unspecified atom stereocenters. The third-order valence-corrected chi connectivity index (χ3v) is 3.62. The number of carbonyl (C=O) groups is 1. The van der Waals surface area contributed by atoms with Crippen LogP contribution >= 0.6 is 0 Å². The smallest absolute Gasteiger partial charge is 0.159 e. The SMILES string of the molecule is COc1ccc(Oc2ccc(Oc3ccc(C(C)=O)cc3)cc2)cc1. The highest BCUT2D eigenvalue weighted by Gasteiger charge is 2.03. The van der Waals surface area contributed by atoms with E-state index in [0.717, 1.165) is 11.5 Å². The fourth-order valence-corrected chi connectivity index (χ4v) is 2.25. The highest BCUT2D eigenvalue weighted by Crippen LogP contribution is 2.27. The van der Waals surface area contributed by atoms with Crippen molar-refractivity contribution in [1.82, 2.24) is 0 Å². The topological polar surface area (TPSA) is 44.8 Å². The van der Waals surface area contributed by atoms with Crippen LogP contribution in [-0.4, -0.2) is 12.9 Å². The van der Waals surface area contributed by atoms with Crippen molar-refractivity contribution in [3.63, 3.8) is 0 Å². The molecule has 0 aliphatic heterocycles. The second kappa shape index (κ2) is 7.53. The van der Waals surface area contributed by atoms with Gasteiger partial charge < -0.3 is 14.2 Å². The Kier molecular flexibility index (Phi) is 5.00. The van der Waals surface area contributed by atoms with E-state index in [4.69, 9.17) is 14.2 Å². The minimum atomic E-state index is 0.0339. The number of hydrogen-bond donors (Lipinski definition) is 0. The standard InChI is InChI=1S/C21H18O4/c1-15(22)16-3-5-18(6-4-16)24-20-11-13-21(14-12-20)25-19-9-7-17(23-2)8-10-19/h3-14H,1-2H3. The molecule has 0 fully saturated rings. The molecule has 4 nitrogen and oxygen atoms in total. The summed E-state index contributed by atoms with van der Waals surface area (Å²) in [5.41, 5.74) is 0.663. The quantitative estimate of drug-likeness (QED) is 0.560. The van der Waals surface area contributed by atoms with Crippen LogP contribution in [0.3, 0.4) is 0 Å². The molecule has 0 heterocycles. The van der Waals surface area contributed by atoms with E-state index in [9.17, 15) is 4.79 Å². The van der Waals surface area contributed by atoms with Crippen molar-refractivity contribution in [3.8, 4) is 28.7 Å². The summed E-state index contributed by atoms with van der Waals surface area (Å²) < 4.78 is 16.7. The Morgan fingerprint density at radius 1 is 0.600 bits per heavy atom. The molecule has 0 aromatic heterocycles. The van der Waals surface area contributed by atoms with Gasteiger partial charge in [-0.15, -0.1) is 0 Å². The molecule has 3 rings (SSSR count). The summed E-state index contributed by atoms with van der Waals surface area (Å²) in [4.78, 5) is 11.3. The molecule has 0 saturated carbocycles. The van der Waals surface area contributed by atoms with E-state index in [1.807, 2.05) is 48.5 Å². The van der Waals surface area contributed by atoms with Gasteiger partial charge in [0.05, 0.1) is 7.11 Å². The van der Waals surface area contributed by atoms with Gasteiger partial charge in [0.25, 0.3) is 0 Å². The van der Waals surface area contributed by atoms with Crippen LogP contribution in [0.5, 0.6) is 28.7 Å². The molecule has 0 N–H and O–H groups in total. The monoisotopic (exact) mass is 334 g/mol. The third-order valence-electron chi connectivity index (χ3n) is 3.62. The van der Waals surface area contributed by atoms with Crippen LogP contribution in [0.1, 0.15) is 17.3 Å². The third kappa shape index (κ3) is 4.38. The molecule has 0 amide bonds. The van der Waals surface area contributed by atoms with E-state index >= 15 is 0 Å². The highest BCUT2D eigenvalue weighted by atomic mass is 16.5. The average Bonchev–Trinajstić information content (AvgIpc) is 2.64. The summed E-state index contributed by atoms with van der Waals surface area (Å²) in [7, 11) is 1.63. The lowest BCUT2D eigenvalue weighted by molar-refractivity contribution is 0.101. The van der Waals surface area contributed by atoms with Crippen LogP contribution in [0.15, 0.2) is 72.8 Å². The van der Waals surface area contributed by atoms with E-state index in [1.54, 1.807) is 31.4 Å². The number of methoxy groups -OCH3 is 1. The first-order valence-electron chi connectivity index (χ1n) is 7.85. The molecule has 3 aromatic carbocycles. The Hall–Kier alpha value is -3.27. The van der Waals surface area contributed by atoms with Gasteiger partial charge in [0.2, 0.25) is 0 Å². The number of hydrogen-bond acceptors (Lipinski definition) is 4. The van der Waals surface area contributed by atoms with Gasteiger partial charge in [-0.05, 0) is 79.7 Å². The fraction of sp³-hybridized carbons (Fsp3) is 0.0952. The molecular weight excluding hydrogens is 316 g/mol. The van der Waals surface area contributed by atoms with Crippen LogP contribution < -0.4 is 14.2 Å². The second-order valence-electron chi connectivity index (χ2n) is 5.43. The highest BCUT2D eigenvalue weighted by molar-refractivity contribution is 5.94. The van der Waals surface area contributed by atoms with Gasteiger partial charge in [-0.3, -0.25) is 4.79 Å². The predicted octanol–water partition coefficient (Wildman–Crippen LogP) is 5.48. The van der Waals surface area contributed by atoms with Gasteiger partial charge in [0.15, 0.2) is 5.78 Å².